The average molecular weight is 411 g/mol. The predicted molar refractivity (Wildman–Crippen MR) is 106 cm³/mol. The summed E-state index contributed by atoms with van der Waals surface area (Å²) >= 11 is 11.1. The van der Waals surface area contributed by atoms with Crippen LogP contribution in [0.1, 0.15) is 13.8 Å². The van der Waals surface area contributed by atoms with Gasteiger partial charge in [0.05, 0.1) is 6.61 Å². The van der Waals surface area contributed by atoms with Gasteiger partial charge in [-0.25, -0.2) is 0 Å². The van der Waals surface area contributed by atoms with Gasteiger partial charge in [-0.05, 0) is 56.3 Å². The van der Waals surface area contributed by atoms with Crippen molar-refractivity contribution in [1.29, 1.82) is 0 Å². The molecule has 2 aromatic carbocycles. The molecule has 0 aromatic heterocycles. The largest absolute Gasteiger partial charge is 0.490 e. The Bertz CT molecular complexity index is 783. The summed E-state index contributed by atoms with van der Waals surface area (Å²) in [6.45, 7) is 4.12. The van der Waals surface area contributed by atoms with Gasteiger partial charge in [0.1, 0.15) is 35.0 Å². The molecule has 5 nitrogen and oxygen atoms in total. The van der Waals surface area contributed by atoms with Gasteiger partial charge in [0, 0.05) is 6.07 Å². The third-order valence-corrected chi connectivity index (χ3v) is 3.50. The molecule has 0 heterocycles. The topological polar surface area (TPSA) is 54.0 Å². The SMILES string of the molecule is CCOc1cc(OCC=C(Cl)Cl)ccc1Oc1ccc(OCC(C)=O)cc1. The lowest BCUT2D eigenvalue weighted by atomic mass is 10.3. The van der Waals surface area contributed by atoms with Crippen LogP contribution in [0.15, 0.2) is 53.0 Å². The van der Waals surface area contributed by atoms with Crippen molar-refractivity contribution in [3.63, 3.8) is 0 Å². The van der Waals surface area contributed by atoms with E-state index in [0.717, 1.165) is 0 Å². The number of rotatable bonds is 10. The van der Waals surface area contributed by atoms with E-state index in [0.29, 0.717) is 35.4 Å². The van der Waals surface area contributed by atoms with E-state index in [1.807, 2.05) is 6.92 Å². The zero-order chi connectivity index (χ0) is 19.6. The van der Waals surface area contributed by atoms with E-state index in [1.54, 1.807) is 48.5 Å². The summed E-state index contributed by atoms with van der Waals surface area (Å²) < 4.78 is 22.5. The lowest BCUT2D eigenvalue weighted by Crippen LogP contribution is -2.06. The Labute approximate surface area is 168 Å². The van der Waals surface area contributed by atoms with Crippen LogP contribution in [-0.4, -0.2) is 25.6 Å². The third kappa shape index (κ3) is 7.41. The Morgan fingerprint density at radius 3 is 2.22 bits per heavy atom. The molecule has 2 aromatic rings. The summed E-state index contributed by atoms with van der Waals surface area (Å²) in [5.74, 6) is 2.86. The quantitative estimate of drug-likeness (QED) is 0.514. The van der Waals surface area contributed by atoms with Gasteiger partial charge >= 0.3 is 0 Å². The molecule has 0 saturated carbocycles. The summed E-state index contributed by atoms with van der Waals surface area (Å²) in [5.41, 5.74) is 0. The van der Waals surface area contributed by atoms with E-state index in [2.05, 4.69) is 0 Å². The molecule has 27 heavy (non-hydrogen) atoms. The van der Waals surface area contributed by atoms with Gasteiger partial charge < -0.3 is 18.9 Å². The van der Waals surface area contributed by atoms with Gasteiger partial charge in [0.15, 0.2) is 17.3 Å². The molecule has 0 fully saturated rings. The van der Waals surface area contributed by atoms with Crippen molar-refractivity contribution in [1.82, 2.24) is 0 Å². The number of carbonyl (C=O) groups is 1. The number of Topliss-reactive ketones (excluding diaryl/α,β-unsaturated/α-hetero) is 1. The normalized spacial score (nSPS) is 10.1. The van der Waals surface area contributed by atoms with Crippen LogP contribution in [0.5, 0.6) is 28.7 Å². The van der Waals surface area contributed by atoms with E-state index >= 15 is 0 Å². The molecule has 0 spiro atoms. The molecular weight excluding hydrogens is 391 g/mol. The lowest BCUT2D eigenvalue weighted by Gasteiger charge is -2.14. The zero-order valence-electron chi connectivity index (χ0n) is 15.0. The average Bonchev–Trinajstić information content (AvgIpc) is 2.63. The van der Waals surface area contributed by atoms with Crippen molar-refractivity contribution in [2.24, 2.45) is 0 Å². The van der Waals surface area contributed by atoms with Gasteiger partial charge in [-0.3, -0.25) is 4.79 Å². The number of hydrogen-bond donors (Lipinski definition) is 0. The highest BCUT2D eigenvalue weighted by atomic mass is 35.5. The highest BCUT2D eigenvalue weighted by Gasteiger charge is 2.09. The fraction of sp³-hybridized carbons (Fsp3) is 0.250. The molecule has 0 atom stereocenters. The maximum atomic E-state index is 11.0. The Morgan fingerprint density at radius 2 is 1.59 bits per heavy atom. The van der Waals surface area contributed by atoms with E-state index in [1.165, 1.54) is 6.92 Å². The molecular formula is C20H20Cl2O5. The Balaban J connectivity index is 2.07. The van der Waals surface area contributed by atoms with Gasteiger partial charge in [0.2, 0.25) is 0 Å². The monoisotopic (exact) mass is 410 g/mol. The smallest absolute Gasteiger partial charge is 0.169 e. The minimum atomic E-state index is -0.0391. The predicted octanol–water partition coefficient (Wildman–Crippen LogP) is 5.54. The van der Waals surface area contributed by atoms with Gasteiger partial charge in [0.25, 0.3) is 0 Å². The number of benzene rings is 2. The third-order valence-electron chi connectivity index (χ3n) is 3.20. The Morgan fingerprint density at radius 1 is 0.926 bits per heavy atom. The molecule has 0 bridgehead atoms. The van der Waals surface area contributed by atoms with E-state index in [9.17, 15) is 4.79 Å². The van der Waals surface area contributed by atoms with E-state index in [-0.39, 0.29) is 23.5 Å². The number of halogens is 2. The number of ether oxygens (including phenoxy) is 4. The molecule has 0 aliphatic carbocycles. The van der Waals surface area contributed by atoms with Crippen LogP contribution in [0, 0.1) is 0 Å². The molecule has 0 aliphatic heterocycles. The number of ketones is 1. The van der Waals surface area contributed by atoms with Gasteiger partial charge in [-0.2, -0.15) is 0 Å². The number of hydrogen-bond acceptors (Lipinski definition) is 5. The molecule has 0 amide bonds. The number of carbonyl (C=O) groups excluding carboxylic acids is 1. The van der Waals surface area contributed by atoms with Gasteiger partial charge in [-0.1, -0.05) is 23.2 Å². The summed E-state index contributed by atoms with van der Waals surface area (Å²) in [6, 6.07) is 12.2. The summed E-state index contributed by atoms with van der Waals surface area (Å²) in [4.78, 5) is 11.0. The van der Waals surface area contributed by atoms with Crippen LogP contribution in [0.2, 0.25) is 0 Å². The maximum Gasteiger partial charge on any atom is 0.169 e. The molecule has 2 rings (SSSR count). The molecule has 0 radical (unpaired) electrons. The second-order valence-corrected chi connectivity index (χ2v) is 6.42. The van der Waals surface area contributed by atoms with Crippen LogP contribution in [0.25, 0.3) is 0 Å². The van der Waals surface area contributed by atoms with Crippen LogP contribution >= 0.6 is 23.2 Å². The second-order valence-electron chi connectivity index (χ2n) is 5.41. The van der Waals surface area contributed by atoms with Crippen LogP contribution in [0.3, 0.4) is 0 Å². The first kappa shape index (κ1) is 20.9. The Kier molecular flexibility index (Phi) is 8.30. The minimum absolute atomic E-state index is 0.0391. The van der Waals surface area contributed by atoms with Crippen molar-refractivity contribution in [3.8, 4) is 28.7 Å². The second kappa shape index (κ2) is 10.7. The minimum Gasteiger partial charge on any atom is -0.490 e. The van der Waals surface area contributed by atoms with Crippen molar-refractivity contribution >= 4 is 29.0 Å². The maximum absolute atomic E-state index is 11.0. The first-order chi connectivity index (χ1) is 13.0. The molecule has 0 N–H and O–H groups in total. The van der Waals surface area contributed by atoms with Crippen LogP contribution in [-0.2, 0) is 4.79 Å². The molecule has 0 saturated heterocycles. The lowest BCUT2D eigenvalue weighted by molar-refractivity contribution is -0.118. The van der Waals surface area contributed by atoms with Crippen molar-refractivity contribution in [3.05, 3.63) is 53.0 Å². The van der Waals surface area contributed by atoms with Crippen LogP contribution < -0.4 is 18.9 Å². The molecule has 0 unspecified atom stereocenters. The highest BCUT2D eigenvalue weighted by molar-refractivity contribution is 6.55. The fourth-order valence-corrected chi connectivity index (χ4v) is 2.17. The molecule has 144 valence electrons. The van der Waals surface area contributed by atoms with E-state index in [4.69, 9.17) is 42.1 Å². The summed E-state index contributed by atoms with van der Waals surface area (Å²) in [5, 5.41) is 0. The van der Waals surface area contributed by atoms with E-state index < -0.39 is 0 Å². The molecule has 7 heteroatoms. The van der Waals surface area contributed by atoms with Crippen molar-refractivity contribution < 1.29 is 23.7 Å². The summed E-state index contributed by atoms with van der Waals surface area (Å²) in [6.07, 6.45) is 1.55. The molecule has 0 aliphatic rings. The van der Waals surface area contributed by atoms with Gasteiger partial charge in [-0.15, -0.1) is 0 Å². The van der Waals surface area contributed by atoms with Crippen molar-refractivity contribution in [2.45, 2.75) is 13.8 Å². The standard InChI is InChI=1S/C20H20Cl2O5/c1-3-24-19-12-17(25-11-10-20(21)22)8-9-18(19)27-16-6-4-15(5-7-16)26-13-14(2)23/h4-10,12H,3,11,13H2,1-2H3. The fourth-order valence-electron chi connectivity index (χ4n) is 2.05. The Hall–Kier alpha value is -2.37. The first-order valence-electron chi connectivity index (χ1n) is 8.29. The van der Waals surface area contributed by atoms with Crippen LogP contribution in [0.4, 0.5) is 0 Å². The first-order valence-corrected chi connectivity index (χ1v) is 9.04. The summed E-state index contributed by atoms with van der Waals surface area (Å²) in [7, 11) is 0. The zero-order valence-corrected chi connectivity index (χ0v) is 16.5. The highest BCUT2D eigenvalue weighted by Crippen LogP contribution is 2.35. The van der Waals surface area contributed by atoms with Crippen molar-refractivity contribution in [2.75, 3.05) is 19.8 Å².